The van der Waals surface area contributed by atoms with Crippen molar-refractivity contribution in [1.82, 2.24) is 4.98 Å². The molecule has 4 heteroatoms. The molecule has 3 nitrogen and oxygen atoms in total. The highest BCUT2D eigenvalue weighted by molar-refractivity contribution is 9.10. The van der Waals surface area contributed by atoms with E-state index in [2.05, 4.69) is 46.1 Å². The molecule has 0 saturated carbocycles. The summed E-state index contributed by atoms with van der Waals surface area (Å²) in [6.07, 6.45) is 5.31. The zero-order valence-electron chi connectivity index (χ0n) is 11.4. The number of hydrogen-bond donors (Lipinski definition) is 2. The Hall–Kier alpha value is -1.29. The summed E-state index contributed by atoms with van der Waals surface area (Å²) >= 11 is 3.50. The van der Waals surface area contributed by atoms with Gasteiger partial charge >= 0.3 is 0 Å². The Balaban J connectivity index is 2.35. The Morgan fingerprint density at radius 2 is 2.21 bits per heavy atom. The lowest BCUT2D eigenvalue weighted by molar-refractivity contribution is 0.646. The zero-order chi connectivity index (χ0) is 13.8. The van der Waals surface area contributed by atoms with Crippen molar-refractivity contribution in [2.45, 2.75) is 39.2 Å². The van der Waals surface area contributed by atoms with Crippen molar-refractivity contribution >= 4 is 38.2 Å². The number of nitrogens with two attached hydrogens (primary N) is 1. The number of nitrogens with zero attached hydrogens (tertiary/aromatic N) is 1. The molecule has 1 heterocycles. The molecule has 2 rings (SSSR count). The quantitative estimate of drug-likeness (QED) is 0.848. The summed E-state index contributed by atoms with van der Waals surface area (Å²) in [5, 5.41) is 4.60. The molecule has 0 amide bonds. The first-order valence-electron chi connectivity index (χ1n) is 6.72. The fraction of sp³-hybridized carbons (Fsp3) is 0.400. The zero-order valence-corrected chi connectivity index (χ0v) is 13.0. The molecule has 1 atom stereocenters. The molecular formula is C15H20BrN3. The summed E-state index contributed by atoms with van der Waals surface area (Å²) in [5.41, 5.74) is 8.73. The standard InChI is InChI=1S/C15H20BrN3/c1-3-4-5-10(2)19-15-12-8-11(16)6-7-14(12)18-9-13(15)17/h6-10H,3-5,17H2,1-2H3,(H,18,19). The van der Waals surface area contributed by atoms with Crippen LogP contribution in [0.3, 0.4) is 0 Å². The van der Waals surface area contributed by atoms with Crippen LogP contribution in [0, 0.1) is 0 Å². The Bertz CT molecular complexity index is 563. The highest BCUT2D eigenvalue weighted by atomic mass is 79.9. The van der Waals surface area contributed by atoms with Gasteiger partial charge < -0.3 is 11.1 Å². The fourth-order valence-electron chi connectivity index (χ4n) is 2.17. The fourth-order valence-corrected chi connectivity index (χ4v) is 2.53. The van der Waals surface area contributed by atoms with Crippen LogP contribution >= 0.6 is 15.9 Å². The van der Waals surface area contributed by atoms with Gasteiger partial charge in [0.25, 0.3) is 0 Å². The van der Waals surface area contributed by atoms with Gasteiger partial charge in [-0.25, -0.2) is 0 Å². The van der Waals surface area contributed by atoms with Gasteiger partial charge in [0.2, 0.25) is 0 Å². The van der Waals surface area contributed by atoms with Crippen molar-refractivity contribution in [3.05, 3.63) is 28.9 Å². The first-order chi connectivity index (χ1) is 9.11. The van der Waals surface area contributed by atoms with E-state index in [-0.39, 0.29) is 0 Å². The molecule has 0 bridgehead atoms. The number of nitrogens with one attached hydrogen (secondary N) is 1. The molecule has 1 unspecified atom stereocenters. The summed E-state index contributed by atoms with van der Waals surface area (Å²) in [7, 11) is 0. The molecular weight excluding hydrogens is 302 g/mol. The maximum absolute atomic E-state index is 6.07. The monoisotopic (exact) mass is 321 g/mol. The maximum Gasteiger partial charge on any atom is 0.0743 e. The third kappa shape index (κ3) is 3.38. The van der Waals surface area contributed by atoms with Crippen LogP contribution in [0.4, 0.5) is 11.4 Å². The second kappa shape index (κ2) is 6.24. The first kappa shape index (κ1) is 14.1. The molecule has 19 heavy (non-hydrogen) atoms. The van der Waals surface area contributed by atoms with Gasteiger partial charge in [-0.15, -0.1) is 0 Å². The molecule has 3 N–H and O–H groups in total. The molecule has 0 aliphatic heterocycles. The molecule has 102 valence electrons. The van der Waals surface area contributed by atoms with E-state index in [4.69, 9.17) is 5.73 Å². The largest absolute Gasteiger partial charge is 0.396 e. The van der Waals surface area contributed by atoms with E-state index in [9.17, 15) is 0 Å². The van der Waals surface area contributed by atoms with Gasteiger partial charge in [0, 0.05) is 15.9 Å². The first-order valence-corrected chi connectivity index (χ1v) is 7.51. The molecule has 0 fully saturated rings. The predicted molar refractivity (Wildman–Crippen MR) is 86.5 cm³/mol. The summed E-state index contributed by atoms with van der Waals surface area (Å²) in [5.74, 6) is 0. The van der Waals surface area contributed by atoms with Crippen molar-refractivity contribution in [1.29, 1.82) is 0 Å². The lowest BCUT2D eigenvalue weighted by atomic mass is 10.1. The highest BCUT2D eigenvalue weighted by Gasteiger charge is 2.10. The van der Waals surface area contributed by atoms with Crippen LogP contribution in [0.1, 0.15) is 33.1 Å². The molecule has 0 aliphatic carbocycles. The van der Waals surface area contributed by atoms with E-state index in [1.54, 1.807) is 6.20 Å². The van der Waals surface area contributed by atoms with Crippen LogP contribution < -0.4 is 11.1 Å². The second-order valence-electron chi connectivity index (χ2n) is 4.94. The molecule has 1 aromatic carbocycles. The van der Waals surface area contributed by atoms with Gasteiger partial charge in [-0.05, 0) is 31.5 Å². The van der Waals surface area contributed by atoms with Crippen LogP contribution in [0.2, 0.25) is 0 Å². The number of benzene rings is 1. The third-order valence-corrected chi connectivity index (χ3v) is 3.73. The van der Waals surface area contributed by atoms with Crippen LogP contribution in [-0.2, 0) is 0 Å². The van der Waals surface area contributed by atoms with E-state index in [1.807, 2.05) is 12.1 Å². The van der Waals surface area contributed by atoms with Crippen LogP contribution in [0.5, 0.6) is 0 Å². The van der Waals surface area contributed by atoms with Gasteiger partial charge in [0.1, 0.15) is 0 Å². The minimum absolute atomic E-state index is 0.409. The van der Waals surface area contributed by atoms with Crippen molar-refractivity contribution < 1.29 is 0 Å². The van der Waals surface area contributed by atoms with Crippen LogP contribution in [0.15, 0.2) is 28.9 Å². The lowest BCUT2D eigenvalue weighted by Crippen LogP contribution is -2.16. The summed E-state index contributed by atoms with van der Waals surface area (Å²) in [4.78, 5) is 4.37. The Morgan fingerprint density at radius 1 is 1.42 bits per heavy atom. The maximum atomic E-state index is 6.07. The number of rotatable bonds is 5. The van der Waals surface area contributed by atoms with Crippen molar-refractivity contribution in [3.63, 3.8) is 0 Å². The van der Waals surface area contributed by atoms with Gasteiger partial charge in [-0.3, -0.25) is 4.98 Å². The minimum Gasteiger partial charge on any atom is -0.396 e. The molecule has 2 aromatic rings. The van der Waals surface area contributed by atoms with Crippen molar-refractivity contribution in [2.24, 2.45) is 0 Å². The Kier molecular flexibility index (Phi) is 4.64. The SMILES string of the molecule is CCCCC(C)Nc1c(N)cnc2ccc(Br)cc12. The number of halogens is 1. The average Bonchev–Trinajstić information content (AvgIpc) is 2.40. The van der Waals surface area contributed by atoms with Crippen LogP contribution in [0.25, 0.3) is 10.9 Å². The number of nitrogen functional groups attached to an aromatic ring is 1. The van der Waals surface area contributed by atoms with Gasteiger partial charge in [0.05, 0.1) is 23.1 Å². The topological polar surface area (TPSA) is 50.9 Å². The van der Waals surface area contributed by atoms with E-state index in [0.717, 1.165) is 27.5 Å². The van der Waals surface area contributed by atoms with Crippen LogP contribution in [-0.4, -0.2) is 11.0 Å². The molecule has 1 aromatic heterocycles. The number of unbranched alkanes of at least 4 members (excludes halogenated alkanes) is 1. The second-order valence-corrected chi connectivity index (χ2v) is 5.85. The number of fused-ring (bicyclic) bond motifs is 1. The number of anilines is 2. The molecule has 0 aliphatic rings. The predicted octanol–water partition coefficient (Wildman–Crippen LogP) is 4.57. The van der Waals surface area contributed by atoms with Gasteiger partial charge in [-0.2, -0.15) is 0 Å². The van der Waals surface area contributed by atoms with E-state index in [0.29, 0.717) is 11.7 Å². The highest BCUT2D eigenvalue weighted by Crippen LogP contribution is 2.30. The van der Waals surface area contributed by atoms with E-state index in [1.165, 1.54) is 12.8 Å². The third-order valence-electron chi connectivity index (χ3n) is 3.24. The smallest absolute Gasteiger partial charge is 0.0743 e. The Labute approximate surface area is 122 Å². The van der Waals surface area contributed by atoms with Gasteiger partial charge in [-0.1, -0.05) is 35.7 Å². The number of aromatic nitrogens is 1. The van der Waals surface area contributed by atoms with Crippen molar-refractivity contribution in [3.8, 4) is 0 Å². The molecule has 0 spiro atoms. The molecule has 0 saturated heterocycles. The summed E-state index contributed by atoms with van der Waals surface area (Å²) in [6, 6.07) is 6.47. The van der Waals surface area contributed by atoms with E-state index < -0.39 is 0 Å². The average molecular weight is 322 g/mol. The summed E-state index contributed by atoms with van der Waals surface area (Å²) in [6.45, 7) is 4.40. The minimum atomic E-state index is 0.409. The summed E-state index contributed by atoms with van der Waals surface area (Å²) < 4.78 is 1.04. The normalized spacial score (nSPS) is 12.6. The number of hydrogen-bond acceptors (Lipinski definition) is 3. The Morgan fingerprint density at radius 3 is 2.95 bits per heavy atom. The molecule has 0 radical (unpaired) electrons. The van der Waals surface area contributed by atoms with Crippen molar-refractivity contribution in [2.75, 3.05) is 11.1 Å². The van der Waals surface area contributed by atoms with Gasteiger partial charge in [0.15, 0.2) is 0 Å². The van der Waals surface area contributed by atoms with E-state index >= 15 is 0 Å². The number of pyridine rings is 1. The lowest BCUT2D eigenvalue weighted by Gasteiger charge is -2.18.